The molecule has 2 aliphatic heterocycles. The third-order valence-electron chi connectivity index (χ3n) is 6.89. The molecule has 4 aromatic rings. The van der Waals surface area contributed by atoms with Crippen molar-refractivity contribution in [3.05, 3.63) is 68.9 Å². The molecule has 190 valence electrons. The van der Waals surface area contributed by atoms with Gasteiger partial charge in [-0.05, 0) is 64.7 Å². The zero-order chi connectivity index (χ0) is 25.5. The Morgan fingerprint density at radius 3 is 2.51 bits per heavy atom. The van der Waals surface area contributed by atoms with Crippen molar-refractivity contribution in [3.8, 4) is 16.9 Å². The fraction of sp³-hybridized carbons (Fsp3) is 0.296. The van der Waals surface area contributed by atoms with E-state index in [0.29, 0.717) is 18.9 Å². The second-order valence-electron chi connectivity index (χ2n) is 9.22. The molecule has 6 rings (SSSR count). The van der Waals surface area contributed by atoms with Gasteiger partial charge in [0.2, 0.25) is 0 Å². The van der Waals surface area contributed by atoms with Crippen molar-refractivity contribution < 1.29 is 14.6 Å². The molecule has 1 N–H and O–H groups in total. The van der Waals surface area contributed by atoms with E-state index in [2.05, 4.69) is 31.8 Å². The summed E-state index contributed by atoms with van der Waals surface area (Å²) >= 11 is 5.32. The number of hydrogen-bond acceptors (Lipinski definition) is 7. The Morgan fingerprint density at radius 2 is 1.78 bits per heavy atom. The van der Waals surface area contributed by atoms with Crippen LogP contribution >= 0.6 is 27.3 Å². The smallest absolute Gasteiger partial charge is 0.341 e. The van der Waals surface area contributed by atoms with Crippen molar-refractivity contribution in [2.24, 2.45) is 0 Å². The number of morpholine rings is 1. The summed E-state index contributed by atoms with van der Waals surface area (Å²) in [6, 6.07) is 13.3. The summed E-state index contributed by atoms with van der Waals surface area (Å²) in [5, 5.41) is 10.6. The van der Waals surface area contributed by atoms with Crippen LogP contribution in [-0.4, -0.2) is 60.0 Å². The van der Waals surface area contributed by atoms with E-state index >= 15 is 0 Å². The van der Waals surface area contributed by atoms with Gasteiger partial charge in [0.1, 0.15) is 5.56 Å². The molecule has 0 aliphatic carbocycles. The Kier molecular flexibility index (Phi) is 6.48. The quantitative estimate of drug-likeness (QED) is 0.355. The number of carboxylic acid groups (broad SMARTS) is 1. The first kappa shape index (κ1) is 24.1. The number of pyridine rings is 1. The molecule has 10 heteroatoms. The molecule has 2 aromatic carbocycles. The van der Waals surface area contributed by atoms with Gasteiger partial charge in [-0.2, -0.15) is 0 Å². The molecule has 2 aliphatic rings. The summed E-state index contributed by atoms with van der Waals surface area (Å²) in [6.45, 7) is 5.04. The molecule has 0 amide bonds. The summed E-state index contributed by atoms with van der Waals surface area (Å²) in [6.07, 6.45) is 3.78. The number of fused-ring (bicyclic) bond motifs is 1. The lowest BCUT2D eigenvalue weighted by Crippen LogP contribution is -2.36. The monoisotopic (exact) mass is 580 g/mol. The number of ether oxygens (including phenoxy) is 1. The van der Waals surface area contributed by atoms with Gasteiger partial charge in [-0.3, -0.25) is 4.79 Å². The molecular weight excluding hydrogens is 556 g/mol. The van der Waals surface area contributed by atoms with Crippen LogP contribution in [0.15, 0.2) is 57.9 Å². The van der Waals surface area contributed by atoms with Crippen LogP contribution in [0.1, 0.15) is 23.2 Å². The highest BCUT2D eigenvalue weighted by molar-refractivity contribution is 9.10. The molecule has 0 bridgehead atoms. The SMILES string of the molecule is O=C(O)c1cn(-c2ccc3nc(N4CCOCC4)sc3c2)c(-c2ccc(N3CCCC3)c(Br)c2)cc1=O. The Labute approximate surface area is 225 Å². The summed E-state index contributed by atoms with van der Waals surface area (Å²) in [5.41, 5.74) is 3.43. The molecule has 4 heterocycles. The molecule has 8 nitrogen and oxygen atoms in total. The average Bonchev–Trinajstić information content (AvgIpc) is 3.59. The number of nitrogens with zero attached hydrogens (tertiary/aromatic N) is 4. The minimum absolute atomic E-state index is 0.269. The van der Waals surface area contributed by atoms with E-state index < -0.39 is 11.4 Å². The normalized spacial score (nSPS) is 16.0. The van der Waals surface area contributed by atoms with Crippen molar-refractivity contribution in [1.82, 2.24) is 9.55 Å². The minimum atomic E-state index is -1.25. The second kappa shape index (κ2) is 9.92. The number of carboxylic acids is 1. The van der Waals surface area contributed by atoms with Gasteiger partial charge in [0.05, 0.1) is 34.8 Å². The summed E-state index contributed by atoms with van der Waals surface area (Å²) < 4.78 is 9.19. The Hall–Kier alpha value is -3.21. The highest BCUT2D eigenvalue weighted by Crippen LogP contribution is 2.35. The van der Waals surface area contributed by atoms with Crippen LogP contribution in [0.2, 0.25) is 0 Å². The number of carbonyl (C=O) groups is 1. The zero-order valence-electron chi connectivity index (χ0n) is 20.0. The number of aromatic carboxylic acids is 1. The maximum absolute atomic E-state index is 12.8. The van der Waals surface area contributed by atoms with Gasteiger partial charge in [0, 0.05) is 48.6 Å². The second-order valence-corrected chi connectivity index (χ2v) is 11.1. The molecule has 37 heavy (non-hydrogen) atoms. The molecule has 0 saturated carbocycles. The fourth-order valence-corrected chi connectivity index (χ4v) is 6.63. The van der Waals surface area contributed by atoms with Crippen LogP contribution in [-0.2, 0) is 4.74 Å². The Bertz CT molecular complexity index is 1550. The third kappa shape index (κ3) is 4.65. The molecule has 0 atom stereocenters. The summed E-state index contributed by atoms with van der Waals surface area (Å²) in [5.74, 6) is -1.25. The number of benzene rings is 2. The van der Waals surface area contributed by atoms with Crippen LogP contribution in [0.25, 0.3) is 27.2 Å². The molecule has 2 saturated heterocycles. The van der Waals surface area contributed by atoms with Crippen molar-refractivity contribution in [3.63, 3.8) is 0 Å². The standard InChI is InChI=1S/C27H25BrN4O4S/c28-20-13-17(3-6-22(20)30-7-1-2-8-30)23-15-24(33)19(26(34)35)16-32(23)18-4-5-21-25(14-18)37-27(29-21)31-9-11-36-12-10-31/h3-6,13-16H,1-2,7-12H2,(H,34,35). The highest BCUT2D eigenvalue weighted by Gasteiger charge is 2.20. The molecule has 0 unspecified atom stereocenters. The maximum atomic E-state index is 12.8. The lowest BCUT2D eigenvalue weighted by atomic mass is 10.1. The first-order valence-electron chi connectivity index (χ1n) is 12.3. The van der Waals surface area contributed by atoms with E-state index in [-0.39, 0.29) is 5.56 Å². The largest absolute Gasteiger partial charge is 0.477 e. The maximum Gasteiger partial charge on any atom is 0.341 e. The molecular formula is C27H25BrN4O4S. The van der Waals surface area contributed by atoms with E-state index in [1.54, 1.807) is 15.9 Å². The average molecular weight is 581 g/mol. The molecule has 2 fully saturated rings. The van der Waals surface area contributed by atoms with Gasteiger partial charge in [-0.1, -0.05) is 17.4 Å². The van der Waals surface area contributed by atoms with E-state index in [0.717, 1.165) is 62.9 Å². The summed E-state index contributed by atoms with van der Waals surface area (Å²) in [7, 11) is 0. The topological polar surface area (TPSA) is 87.9 Å². The van der Waals surface area contributed by atoms with Crippen LogP contribution in [0, 0.1) is 0 Å². The van der Waals surface area contributed by atoms with Gasteiger partial charge in [0.25, 0.3) is 0 Å². The number of rotatable bonds is 5. The third-order valence-corrected chi connectivity index (χ3v) is 8.61. The fourth-order valence-electron chi connectivity index (χ4n) is 4.95. The van der Waals surface area contributed by atoms with E-state index in [4.69, 9.17) is 9.72 Å². The van der Waals surface area contributed by atoms with Crippen LogP contribution in [0.3, 0.4) is 0 Å². The minimum Gasteiger partial charge on any atom is -0.477 e. The predicted molar refractivity (Wildman–Crippen MR) is 150 cm³/mol. The number of hydrogen-bond donors (Lipinski definition) is 1. The van der Waals surface area contributed by atoms with Gasteiger partial charge >= 0.3 is 5.97 Å². The number of thiazole rings is 1. The predicted octanol–water partition coefficient (Wildman–Crippen LogP) is 5.01. The number of aromatic nitrogens is 2. The van der Waals surface area contributed by atoms with Crippen molar-refractivity contribution in [1.29, 1.82) is 0 Å². The first-order valence-corrected chi connectivity index (χ1v) is 13.9. The van der Waals surface area contributed by atoms with Gasteiger partial charge in [-0.15, -0.1) is 0 Å². The number of halogens is 1. The summed E-state index contributed by atoms with van der Waals surface area (Å²) in [4.78, 5) is 34.0. The Balaban J connectivity index is 1.45. The number of anilines is 2. The highest BCUT2D eigenvalue weighted by atomic mass is 79.9. The van der Waals surface area contributed by atoms with E-state index in [1.807, 2.05) is 30.3 Å². The van der Waals surface area contributed by atoms with E-state index in [1.165, 1.54) is 25.1 Å². The van der Waals surface area contributed by atoms with Gasteiger partial charge in [-0.25, -0.2) is 9.78 Å². The van der Waals surface area contributed by atoms with Gasteiger partial charge < -0.3 is 24.2 Å². The lowest BCUT2D eigenvalue weighted by molar-refractivity contribution is 0.0695. The van der Waals surface area contributed by atoms with Gasteiger partial charge in [0.15, 0.2) is 10.6 Å². The first-order chi connectivity index (χ1) is 18.0. The zero-order valence-corrected chi connectivity index (χ0v) is 22.4. The molecule has 0 radical (unpaired) electrons. The molecule has 0 spiro atoms. The van der Waals surface area contributed by atoms with Crippen molar-refractivity contribution in [2.75, 3.05) is 49.2 Å². The Morgan fingerprint density at radius 1 is 1.00 bits per heavy atom. The van der Waals surface area contributed by atoms with E-state index in [9.17, 15) is 14.7 Å². The van der Waals surface area contributed by atoms with Crippen LogP contribution in [0.5, 0.6) is 0 Å². The van der Waals surface area contributed by atoms with Crippen molar-refractivity contribution >= 4 is 54.3 Å². The lowest BCUT2D eigenvalue weighted by Gasteiger charge is -2.25. The molecule has 2 aromatic heterocycles. The van der Waals surface area contributed by atoms with Crippen LogP contribution in [0.4, 0.5) is 10.8 Å². The van der Waals surface area contributed by atoms with Crippen LogP contribution < -0.4 is 15.2 Å². The van der Waals surface area contributed by atoms with Crippen molar-refractivity contribution in [2.45, 2.75) is 12.8 Å².